The lowest BCUT2D eigenvalue weighted by molar-refractivity contribution is 0.0724. The number of carbonyl (C=O) groups excluding carboxylic acids is 1. The fourth-order valence-electron chi connectivity index (χ4n) is 1.99. The molecule has 0 aromatic heterocycles. The van der Waals surface area contributed by atoms with Crippen molar-refractivity contribution in [2.45, 2.75) is 20.0 Å². The van der Waals surface area contributed by atoms with Gasteiger partial charge in [0.1, 0.15) is 22.9 Å². The van der Waals surface area contributed by atoms with Crippen LogP contribution in [0, 0.1) is 23.0 Å². The van der Waals surface area contributed by atoms with Crippen LogP contribution in [0.4, 0.5) is 8.78 Å². The van der Waals surface area contributed by atoms with E-state index in [1.165, 1.54) is 24.3 Å². The molecule has 0 spiro atoms. The molecule has 2 aromatic carbocycles. The quantitative estimate of drug-likeness (QED) is 0.456. The second-order valence-electron chi connectivity index (χ2n) is 5.01. The van der Waals surface area contributed by atoms with Crippen LogP contribution in [0.1, 0.15) is 34.8 Å². The summed E-state index contributed by atoms with van der Waals surface area (Å²) in [5.41, 5.74) is -0.0874. The Balaban J connectivity index is 2.15. The van der Waals surface area contributed by atoms with Gasteiger partial charge >= 0.3 is 5.97 Å². The fraction of sp³-hybridized carbons (Fsp3) is 0.222. The van der Waals surface area contributed by atoms with Crippen molar-refractivity contribution < 1.29 is 23.0 Å². The van der Waals surface area contributed by atoms with Gasteiger partial charge in [0.15, 0.2) is 0 Å². The average molecular weight is 331 g/mol. The number of hydrogen-bond donors (Lipinski definition) is 0. The molecule has 0 saturated heterocycles. The molecule has 2 aromatic rings. The lowest BCUT2D eigenvalue weighted by atomic mass is 10.1. The van der Waals surface area contributed by atoms with E-state index in [-0.39, 0.29) is 12.4 Å². The van der Waals surface area contributed by atoms with Gasteiger partial charge in [-0.25, -0.2) is 13.6 Å². The predicted molar refractivity (Wildman–Crippen MR) is 82.4 cm³/mol. The Bertz CT molecular complexity index is 744. The van der Waals surface area contributed by atoms with E-state index < -0.39 is 23.2 Å². The minimum Gasteiger partial charge on any atom is -0.423 e. The van der Waals surface area contributed by atoms with Gasteiger partial charge in [-0.1, -0.05) is 6.92 Å². The van der Waals surface area contributed by atoms with Crippen LogP contribution in [-0.4, -0.2) is 12.6 Å². The molecule has 0 atom stereocenters. The van der Waals surface area contributed by atoms with E-state index in [0.717, 1.165) is 18.6 Å². The van der Waals surface area contributed by atoms with Gasteiger partial charge in [-0.05, 0) is 48.4 Å². The predicted octanol–water partition coefficient (Wildman–Crippen LogP) is 3.98. The standard InChI is InChI=1S/C18H15F2NO3/c1-2-7-23-11-13-8-15(19)17(16(20)9-13)18(22)24-14-5-3-12(10-21)4-6-14/h3-6,8-9H,2,7,11H2,1H3. The molecule has 0 bridgehead atoms. The van der Waals surface area contributed by atoms with Crippen LogP contribution in [0.2, 0.25) is 0 Å². The molecule has 0 heterocycles. The Morgan fingerprint density at radius 1 is 1.17 bits per heavy atom. The van der Waals surface area contributed by atoms with Gasteiger partial charge in [-0.2, -0.15) is 5.26 Å². The highest BCUT2D eigenvalue weighted by Gasteiger charge is 2.21. The maximum absolute atomic E-state index is 14.1. The summed E-state index contributed by atoms with van der Waals surface area (Å²) in [6.07, 6.45) is 0.792. The van der Waals surface area contributed by atoms with E-state index in [4.69, 9.17) is 14.7 Å². The largest absolute Gasteiger partial charge is 0.423 e. The van der Waals surface area contributed by atoms with Crippen molar-refractivity contribution in [3.8, 4) is 11.8 Å². The van der Waals surface area contributed by atoms with Crippen LogP contribution in [0.3, 0.4) is 0 Å². The van der Waals surface area contributed by atoms with Crippen molar-refractivity contribution in [1.29, 1.82) is 5.26 Å². The minimum atomic E-state index is -1.14. The van der Waals surface area contributed by atoms with Crippen molar-refractivity contribution in [1.82, 2.24) is 0 Å². The summed E-state index contributed by atoms with van der Waals surface area (Å²) in [6, 6.07) is 9.63. The van der Waals surface area contributed by atoms with Crippen LogP contribution < -0.4 is 4.74 Å². The van der Waals surface area contributed by atoms with Gasteiger partial charge in [0.2, 0.25) is 0 Å². The van der Waals surface area contributed by atoms with Gasteiger partial charge in [0.25, 0.3) is 0 Å². The highest BCUT2D eigenvalue weighted by atomic mass is 19.1. The van der Waals surface area contributed by atoms with Crippen LogP contribution in [-0.2, 0) is 11.3 Å². The number of carbonyl (C=O) groups is 1. The van der Waals surface area contributed by atoms with Crippen LogP contribution in [0.25, 0.3) is 0 Å². The number of rotatable bonds is 6. The van der Waals surface area contributed by atoms with Gasteiger partial charge in [0, 0.05) is 6.61 Å². The van der Waals surface area contributed by atoms with Gasteiger partial charge in [0.05, 0.1) is 18.2 Å². The molecule has 0 unspecified atom stereocenters. The highest BCUT2D eigenvalue weighted by Crippen LogP contribution is 2.20. The SMILES string of the molecule is CCCOCc1cc(F)c(C(=O)Oc2ccc(C#N)cc2)c(F)c1. The zero-order valence-electron chi connectivity index (χ0n) is 13.0. The smallest absolute Gasteiger partial charge is 0.349 e. The molecule has 24 heavy (non-hydrogen) atoms. The van der Waals surface area contributed by atoms with E-state index in [1.807, 2.05) is 13.0 Å². The second kappa shape index (κ2) is 8.18. The Kier molecular flexibility index (Phi) is 5.99. The molecule has 0 fully saturated rings. The molecule has 0 saturated carbocycles. The lowest BCUT2D eigenvalue weighted by Gasteiger charge is -2.09. The van der Waals surface area contributed by atoms with Crippen LogP contribution in [0.15, 0.2) is 36.4 Å². The zero-order chi connectivity index (χ0) is 17.5. The third-order valence-corrected chi connectivity index (χ3v) is 3.12. The topological polar surface area (TPSA) is 59.3 Å². The third-order valence-electron chi connectivity index (χ3n) is 3.12. The molecule has 0 aliphatic heterocycles. The fourth-order valence-corrected chi connectivity index (χ4v) is 1.99. The first-order chi connectivity index (χ1) is 11.5. The Morgan fingerprint density at radius 2 is 1.79 bits per heavy atom. The van der Waals surface area contributed by atoms with Crippen molar-refractivity contribution in [2.75, 3.05) is 6.61 Å². The third kappa shape index (κ3) is 4.37. The summed E-state index contributed by atoms with van der Waals surface area (Å²) in [5.74, 6) is -3.07. The summed E-state index contributed by atoms with van der Waals surface area (Å²) in [6.45, 7) is 2.46. The van der Waals surface area contributed by atoms with Gasteiger partial charge in [-0.15, -0.1) is 0 Å². The lowest BCUT2D eigenvalue weighted by Crippen LogP contribution is -2.14. The maximum Gasteiger partial charge on any atom is 0.349 e. The molecule has 2 rings (SSSR count). The van der Waals surface area contributed by atoms with E-state index in [0.29, 0.717) is 17.7 Å². The van der Waals surface area contributed by atoms with Gasteiger partial charge in [-0.3, -0.25) is 0 Å². The molecular weight excluding hydrogens is 316 g/mol. The van der Waals surface area contributed by atoms with Gasteiger partial charge < -0.3 is 9.47 Å². The highest BCUT2D eigenvalue weighted by molar-refractivity contribution is 5.91. The Morgan fingerprint density at radius 3 is 2.33 bits per heavy atom. The summed E-state index contributed by atoms with van der Waals surface area (Å²) in [4.78, 5) is 12.0. The number of nitrogens with zero attached hydrogens (tertiary/aromatic N) is 1. The molecule has 0 aliphatic carbocycles. The summed E-state index contributed by atoms with van der Waals surface area (Å²) in [7, 11) is 0. The van der Waals surface area contributed by atoms with E-state index in [9.17, 15) is 13.6 Å². The molecular formula is C18H15F2NO3. The Labute approximate surface area is 138 Å². The number of nitriles is 1. The number of halogens is 2. The number of hydrogen-bond acceptors (Lipinski definition) is 4. The van der Waals surface area contributed by atoms with Crippen molar-refractivity contribution >= 4 is 5.97 Å². The average Bonchev–Trinajstić information content (AvgIpc) is 2.55. The molecule has 124 valence electrons. The minimum absolute atomic E-state index is 0.0621. The van der Waals surface area contributed by atoms with E-state index in [1.54, 1.807) is 0 Å². The summed E-state index contributed by atoms with van der Waals surface area (Å²) < 4.78 is 38.3. The van der Waals surface area contributed by atoms with Crippen molar-refractivity contribution in [3.05, 3.63) is 64.7 Å². The molecule has 0 aliphatic rings. The number of benzene rings is 2. The first kappa shape index (κ1) is 17.6. The molecule has 0 amide bonds. The van der Waals surface area contributed by atoms with Crippen molar-refractivity contribution in [3.63, 3.8) is 0 Å². The summed E-state index contributed by atoms with van der Waals surface area (Å²) in [5, 5.41) is 8.70. The normalized spacial score (nSPS) is 10.2. The molecule has 0 radical (unpaired) electrons. The number of ether oxygens (including phenoxy) is 2. The number of esters is 1. The monoisotopic (exact) mass is 331 g/mol. The first-order valence-corrected chi connectivity index (χ1v) is 7.33. The molecule has 0 N–H and O–H groups in total. The maximum atomic E-state index is 14.1. The van der Waals surface area contributed by atoms with Crippen LogP contribution in [0.5, 0.6) is 5.75 Å². The molecule has 6 heteroatoms. The van der Waals surface area contributed by atoms with E-state index in [2.05, 4.69) is 0 Å². The van der Waals surface area contributed by atoms with Crippen LogP contribution >= 0.6 is 0 Å². The van der Waals surface area contributed by atoms with E-state index >= 15 is 0 Å². The zero-order valence-corrected chi connectivity index (χ0v) is 13.0. The second-order valence-corrected chi connectivity index (χ2v) is 5.01. The van der Waals surface area contributed by atoms with Crippen molar-refractivity contribution in [2.24, 2.45) is 0 Å². The first-order valence-electron chi connectivity index (χ1n) is 7.33. The molecule has 4 nitrogen and oxygen atoms in total. The summed E-state index contributed by atoms with van der Waals surface area (Å²) >= 11 is 0. The Hall–Kier alpha value is -2.78.